The van der Waals surface area contributed by atoms with Crippen LogP contribution < -0.4 is 5.32 Å². The van der Waals surface area contributed by atoms with E-state index in [4.69, 9.17) is 4.42 Å². The molecule has 0 saturated carbocycles. The van der Waals surface area contributed by atoms with Gasteiger partial charge in [-0.25, -0.2) is 0 Å². The lowest BCUT2D eigenvalue weighted by molar-refractivity contribution is -0.116. The molecule has 0 spiro atoms. The minimum absolute atomic E-state index is 0.0666. The average Bonchev–Trinajstić information content (AvgIpc) is 2.58. The Morgan fingerprint density at radius 1 is 1.44 bits per heavy atom. The monoisotopic (exact) mass is 219 g/mol. The molecule has 0 atom stereocenters. The maximum atomic E-state index is 11.6. The second kappa shape index (κ2) is 5.17. The van der Waals surface area contributed by atoms with Crippen LogP contribution in [-0.4, -0.2) is 18.2 Å². The van der Waals surface area contributed by atoms with Crippen LogP contribution in [0.2, 0.25) is 0 Å². The summed E-state index contributed by atoms with van der Waals surface area (Å²) in [4.78, 5) is 22.9. The predicted octanol–water partition coefficient (Wildman–Crippen LogP) is 1.22. The van der Waals surface area contributed by atoms with E-state index in [1.165, 1.54) is 0 Å². The van der Waals surface area contributed by atoms with Gasteiger partial charge in [0, 0.05) is 0 Å². The van der Waals surface area contributed by atoms with E-state index >= 15 is 0 Å². The van der Waals surface area contributed by atoms with Crippen LogP contribution in [0.1, 0.15) is 28.8 Å². The summed E-state index contributed by atoms with van der Waals surface area (Å²) >= 11 is 0. The molecule has 0 aromatic carbocycles. The van der Waals surface area contributed by atoms with Gasteiger partial charge >= 0.3 is 0 Å². The number of rotatable bonds is 3. The van der Waals surface area contributed by atoms with Crippen LogP contribution in [-0.2, 0) is 4.79 Å². The quantitative estimate of drug-likeness (QED) is 0.472. The zero-order valence-corrected chi connectivity index (χ0v) is 9.51. The molecule has 4 nitrogen and oxygen atoms in total. The largest absolute Gasteiger partial charge is 0.457 e. The lowest BCUT2D eigenvalue weighted by Gasteiger charge is -1.97. The first-order valence-electron chi connectivity index (χ1n) is 4.85. The molecule has 4 heteroatoms. The van der Waals surface area contributed by atoms with Gasteiger partial charge in [-0.15, -0.1) is 5.92 Å². The molecule has 1 aromatic rings. The highest BCUT2D eigenvalue weighted by molar-refractivity contribution is 6.42. The van der Waals surface area contributed by atoms with Crippen molar-refractivity contribution in [1.82, 2.24) is 5.32 Å². The Morgan fingerprint density at radius 3 is 2.62 bits per heavy atom. The molecule has 1 rings (SSSR count). The molecule has 0 unspecified atom stereocenters. The third-order valence-electron chi connectivity index (χ3n) is 2.11. The number of amides is 1. The molecular weight excluding hydrogens is 206 g/mol. The van der Waals surface area contributed by atoms with E-state index in [2.05, 4.69) is 17.2 Å². The molecule has 0 aliphatic rings. The first-order chi connectivity index (χ1) is 7.56. The zero-order valence-electron chi connectivity index (χ0n) is 9.51. The molecule has 0 aliphatic carbocycles. The van der Waals surface area contributed by atoms with Crippen molar-refractivity contribution < 1.29 is 14.0 Å². The van der Waals surface area contributed by atoms with E-state index in [1.54, 1.807) is 19.9 Å². The van der Waals surface area contributed by atoms with Gasteiger partial charge in [-0.2, -0.15) is 0 Å². The van der Waals surface area contributed by atoms with Crippen molar-refractivity contribution in [2.45, 2.75) is 20.8 Å². The minimum atomic E-state index is -0.698. The Hall–Kier alpha value is -2.02. The first kappa shape index (κ1) is 12.1. The molecule has 0 fully saturated rings. The highest BCUT2D eigenvalue weighted by atomic mass is 16.3. The zero-order chi connectivity index (χ0) is 12.1. The SMILES string of the molecule is CC#CCNC(=O)C(=O)c1cc(C)c(C)o1. The summed E-state index contributed by atoms with van der Waals surface area (Å²) in [6, 6.07) is 1.56. The molecule has 1 N–H and O–H groups in total. The number of nitrogens with one attached hydrogen (secondary N) is 1. The smallest absolute Gasteiger partial charge is 0.296 e. The molecule has 0 radical (unpaired) electrons. The fourth-order valence-electron chi connectivity index (χ4n) is 1.09. The topological polar surface area (TPSA) is 59.3 Å². The van der Waals surface area contributed by atoms with Crippen molar-refractivity contribution in [2.75, 3.05) is 6.54 Å². The third kappa shape index (κ3) is 2.74. The van der Waals surface area contributed by atoms with Crippen LogP contribution in [0, 0.1) is 25.7 Å². The van der Waals surface area contributed by atoms with Crippen molar-refractivity contribution in [3.05, 3.63) is 23.2 Å². The summed E-state index contributed by atoms with van der Waals surface area (Å²) in [6.07, 6.45) is 0. The van der Waals surface area contributed by atoms with Crippen LogP contribution >= 0.6 is 0 Å². The second-order valence-corrected chi connectivity index (χ2v) is 3.29. The van der Waals surface area contributed by atoms with Crippen molar-refractivity contribution in [3.63, 3.8) is 0 Å². The summed E-state index contributed by atoms with van der Waals surface area (Å²) in [5.41, 5.74) is 0.851. The van der Waals surface area contributed by atoms with E-state index in [9.17, 15) is 9.59 Å². The number of carbonyl (C=O) groups excluding carboxylic acids is 2. The summed E-state index contributed by atoms with van der Waals surface area (Å²) in [7, 11) is 0. The van der Waals surface area contributed by atoms with Gasteiger partial charge in [0.2, 0.25) is 0 Å². The first-order valence-corrected chi connectivity index (χ1v) is 4.85. The van der Waals surface area contributed by atoms with Gasteiger partial charge in [-0.05, 0) is 32.4 Å². The second-order valence-electron chi connectivity index (χ2n) is 3.29. The molecule has 1 heterocycles. The van der Waals surface area contributed by atoms with Crippen LogP contribution in [0.15, 0.2) is 10.5 Å². The van der Waals surface area contributed by atoms with Gasteiger partial charge in [-0.1, -0.05) is 5.92 Å². The standard InChI is InChI=1S/C12H13NO3/c1-4-5-6-13-12(15)11(14)10-7-8(2)9(3)16-10/h7H,6H2,1-3H3,(H,13,15). The maximum absolute atomic E-state index is 11.6. The van der Waals surface area contributed by atoms with Gasteiger partial charge in [-0.3, -0.25) is 9.59 Å². The van der Waals surface area contributed by atoms with Gasteiger partial charge in [0.1, 0.15) is 5.76 Å². The Balaban J connectivity index is 2.69. The molecule has 0 aliphatic heterocycles. The fourth-order valence-corrected chi connectivity index (χ4v) is 1.09. The highest BCUT2D eigenvalue weighted by Gasteiger charge is 2.19. The van der Waals surface area contributed by atoms with Crippen molar-refractivity contribution in [3.8, 4) is 11.8 Å². The Kier molecular flexibility index (Phi) is 3.90. The number of hydrogen-bond donors (Lipinski definition) is 1. The van der Waals surface area contributed by atoms with Crippen LogP contribution in [0.25, 0.3) is 0 Å². The normalized spacial score (nSPS) is 9.19. The van der Waals surface area contributed by atoms with Gasteiger partial charge < -0.3 is 9.73 Å². The summed E-state index contributed by atoms with van der Waals surface area (Å²) in [5, 5.41) is 2.39. The van der Waals surface area contributed by atoms with E-state index in [0.29, 0.717) is 5.76 Å². The molecule has 0 saturated heterocycles. The summed E-state index contributed by atoms with van der Waals surface area (Å²) in [5.74, 6) is 4.59. The maximum Gasteiger partial charge on any atom is 0.296 e. The fraction of sp³-hybridized carbons (Fsp3) is 0.333. The molecule has 1 aromatic heterocycles. The highest BCUT2D eigenvalue weighted by Crippen LogP contribution is 2.13. The van der Waals surface area contributed by atoms with Crippen LogP contribution in [0.5, 0.6) is 0 Å². The van der Waals surface area contributed by atoms with Crippen molar-refractivity contribution in [1.29, 1.82) is 0 Å². The lowest BCUT2D eigenvalue weighted by Crippen LogP contribution is -2.31. The molecule has 84 valence electrons. The van der Waals surface area contributed by atoms with Crippen LogP contribution in [0.4, 0.5) is 0 Å². The van der Waals surface area contributed by atoms with E-state index in [1.807, 2.05) is 6.92 Å². The molecule has 1 amide bonds. The minimum Gasteiger partial charge on any atom is -0.457 e. The molecular formula is C12H13NO3. The third-order valence-corrected chi connectivity index (χ3v) is 2.11. The number of ketones is 1. The lowest BCUT2D eigenvalue weighted by atomic mass is 10.2. The molecule has 0 bridgehead atoms. The summed E-state index contributed by atoms with van der Waals surface area (Å²) < 4.78 is 5.16. The van der Waals surface area contributed by atoms with Gasteiger partial charge in [0.25, 0.3) is 11.7 Å². The van der Waals surface area contributed by atoms with Gasteiger partial charge in [0.15, 0.2) is 5.76 Å². The van der Waals surface area contributed by atoms with E-state index in [0.717, 1.165) is 5.56 Å². The van der Waals surface area contributed by atoms with Crippen LogP contribution in [0.3, 0.4) is 0 Å². The van der Waals surface area contributed by atoms with E-state index < -0.39 is 11.7 Å². The van der Waals surface area contributed by atoms with E-state index in [-0.39, 0.29) is 12.3 Å². The number of furan rings is 1. The molecule has 16 heavy (non-hydrogen) atoms. The average molecular weight is 219 g/mol. The number of aryl methyl sites for hydroxylation is 2. The Morgan fingerprint density at radius 2 is 2.12 bits per heavy atom. The Bertz CT molecular complexity index is 455. The predicted molar refractivity (Wildman–Crippen MR) is 59.0 cm³/mol. The number of hydrogen-bond acceptors (Lipinski definition) is 3. The number of Topliss-reactive ketones (excluding diaryl/α,β-unsaturated/α-hetero) is 1. The Labute approximate surface area is 94.0 Å². The van der Waals surface area contributed by atoms with Gasteiger partial charge in [0.05, 0.1) is 6.54 Å². The summed E-state index contributed by atoms with van der Waals surface area (Å²) in [6.45, 7) is 5.38. The van der Waals surface area contributed by atoms with Crippen molar-refractivity contribution in [2.24, 2.45) is 0 Å². The number of carbonyl (C=O) groups is 2. The van der Waals surface area contributed by atoms with Crippen molar-refractivity contribution >= 4 is 11.7 Å².